The van der Waals surface area contributed by atoms with E-state index in [0.717, 1.165) is 25.7 Å². The Morgan fingerprint density at radius 2 is 1.59 bits per heavy atom. The number of esters is 1. The molecule has 4 rings (SSSR count). The Kier molecular flexibility index (Phi) is 5.26. The van der Waals surface area contributed by atoms with Gasteiger partial charge in [0.25, 0.3) is 0 Å². The zero-order chi connectivity index (χ0) is 21.1. The van der Waals surface area contributed by atoms with Crippen molar-refractivity contribution in [2.24, 2.45) is 40.4 Å². The molecule has 0 heterocycles. The lowest BCUT2D eigenvalue weighted by Gasteiger charge is -2.62. The normalized spacial score (nSPS) is 53.7. The molecular weight excluding hydrogens is 372 g/mol. The van der Waals surface area contributed by atoms with E-state index in [2.05, 4.69) is 25.9 Å². The van der Waals surface area contributed by atoms with E-state index in [1.165, 1.54) is 6.92 Å². The van der Waals surface area contributed by atoms with Crippen LogP contribution in [0.5, 0.6) is 0 Å². The van der Waals surface area contributed by atoms with Gasteiger partial charge < -0.3 is 25.2 Å². The second kappa shape index (κ2) is 7.23. The average molecular weight is 407 g/mol. The zero-order valence-electron chi connectivity index (χ0n) is 17.5. The van der Waals surface area contributed by atoms with Crippen molar-refractivity contribution in [1.29, 1.82) is 0 Å². The second-order valence-electron chi connectivity index (χ2n) is 10.5. The van der Waals surface area contributed by atoms with Gasteiger partial charge in [-0.25, -0.2) is 0 Å². The molecule has 4 aliphatic rings. The molecule has 29 heavy (non-hydrogen) atoms. The molecule has 162 valence electrons. The summed E-state index contributed by atoms with van der Waals surface area (Å²) in [7, 11) is 0. The molecule has 0 saturated heterocycles. The third-order valence-electron chi connectivity index (χ3n) is 9.20. The minimum absolute atomic E-state index is 0.0395. The van der Waals surface area contributed by atoms with Gasteiger partial charge in [-0.3, -0.25) is 4.79 Å². The van der Waals surface area contributed by atoms with Gasteiger partial charge in [0.2, 0.25) is 0 Å². The Hall–Kier alpha value is -1.13. The number of aliphatic hydroxyl groups is 4. The van der Waals surface area contributed by atoms with E-state index in [-0.39, 0.29) is 40.4 Å². The number of fused-ring (bicyclic) bond motifs is 5. The Morgan fingerprint density at radius 1 is 0.931 bits per heavy atom. The summed E-state index contributed by atoms with van der Waals surface area (Å²) in [5, 5.41) is 43.2. The summed E-state index contributed by atoms with van der Waals surface area (Å²) in [4.78, 5) is 11.0. The van der Waals surface area contributed by atoms with Gasteiger partial charge in [0, 0.05) is 12.8 Å². The largest absolute Gasteiger partial charge is 0.393 e. The summed E-state index contributed by atoms with van der Waals surface area (Å²) in [6, 6.07) is 0. The molecule has 4 fully saturated rings. The smallest absolute Gasteiger partial charge is 0.316 e. The lowest BCUT2D eigenvalue weighted by atomic mass is 9.43. The summed E-state index contributed by atoms with van der Waals surface area (Å²) in [5.74, 6) is 2.50. The van der Waals surface area contributed by atoms with Crippen molar-refractivity contribution in [3.05, 3.63) is 0 Å². The fourth-order valence-corrected chi connectivity index (χ4v) is 7.61. The van der Waals surface area contributed by atoms with Gasteiger partial charge >= 0.3 is 5.97 Å². The van der Waals surface area contributed by atoms with Crippen LogP contribution in [0.1, 0.15) is 59.3 Å². The van der Waals surface area contributed by atoms with E-state index in [9.17, 15) is 25.2 Å². The van der Waals surface area contributed by atoms with Crippen LogP contribution < -0.4 is 0 Å². The number of rotatable bonds is 0. The highest BCUT2D eigenvalue weighted by Gasteiger charge is 2.65. The van der Waals surface area contributed by atoms with Gasteiger partial charge in [-0.1, -0.05) is 19.8 Å². The van der Waals surface area contributed by atoms with E-state index in [1.54, 1.807) is 0 Å². The van der Waals surface area contributed by atoms with Gasteiger partial charge in [-0.15, -0.1) is 0 Å². The van der Waals surface area contributed by atoms with Crippen LogP contribution in [0.25, 0.3) is 0 Å². The van der Waals surface area contributed by atoms with Crippen molar-refractivity contribution in [1.82, 2.24) is 0 Å². The summed E-state index contributed by atoms with van der Waals surface area (Å²) in [6.45, 7) is 5.60. The van der Waals surface area contributed by atoms with E-state index in [0.29, 0.717) is 12.8 Å². The molecule has 4 aliphatic carbocycles. The maximum absolute atomic E-state index is 11.2. The van der Waals surface area contributed by atoms with Gasteiger partial charge in [-0.05, 0) is 73.0 Å². The fourth-order valence-electron chi connectivity index (χ4n) is 7.61. The van der Waals surface area contributed by atoms with Crippen molar-refractivity contribution >= 4 is 5.97 Å². The van der Waals surface area contributed by atoms with Crippen LogP contribution in [-0.4, -0.2) is 50.8 Å². The molecule has 0 amide bonds. The molecule has 0 aromatic carbocycles. The molecule has 0 spiro atoms. The zero-order valence-corrected chi connectivity index (χ0v) is 17.5. The van der Waals surface area contributed by atoms with Crippen LogP contribution in [0.2, 0.25) is 0 Å². The van der Waals surface area contributed by atoms with Gasteiger partial charge in [-0.2, -0.15) is 0 Å². The Bertz CT molecular complexity index is 727. The number of carbonyl (C=O) groups excluding carboxylic acids is 1. The SMILES string of the molecule is CC(=O)OC#CC1CC[C@@]2(C)C(CC(O)[C@@H]3[C@H]2CC[C@]2(C)C(O)C(O)C[C@@H]32)C1O. The molecule has 0 bridgehead atoms. The molecule has 6 heteroatoms. The first-order valence-electron chi connectivity index (χ1n) is 11.0. The summed E-state index contributed by atoms with van der Waals surface area (Å²) in [5.41, 5.74) is -0.459. The minimum Gasteiger partial charge on any atom is -0.393 e. The second-order valence-corrected chi connectivity index (χ2v) is 10.5. The highest BCUT2D eigenvalue weighted by Crippen LogP contribution is 2.66. The fraction of sp³-hybridized carbons (Fsp3) is 0.870. The average Bonchev–Trinajstić information content (AvgIpc) is 2.89. The molecule has 6 unspecified atom stereocenters. The van der Waals surface area contributed by atoms with Crippen molar-refractivity contribution < 1.29 is 30.0 Å². The predicted molar refractivity (Wildman–Crippen MR) is 105 cm³/mol. The van der Waals surface area contributed by atoms with Crippen molar-refractivity contribution in [3.63, 3.8) is 0 Å². The van der Waals surface area contributed by atoms with Crippen LogP contribution in [-0.2, 0) is 9.53 Å². The molecule has 0 aromatic rings. The maximum atomic E-state index is 11.2. The molecule has 0 aromatic heterocycles. The third-order valence-corrected chi connectivity index (χ3v) is 9.20. The van der Waals surface area contributed by atoms with Crippen LogP contribution in [0.15, 0.2) is 0 Å². The number of hydrogen-bond donors (Lipinski definition) is 4. The van der Waals surface area contributed by atoms with Crippen LogP contribution in [0.3, 0.4) is 0 Å². The van der Waals surface area contributed by atoms with Crippen LogP contribution in [0.4, 0.5) is 0 Å². The third kappa shape index (κ3) is 3.13. The first kappa shape index (κ1) is 21.1. The summed E-state index contributed by atoms with van der Waals surface area (Å²) in [6.07, 6.45) is 4.14. The molecule has 4 saturated carbocycles. The molecule has 6 nitrogen and oxygen atoms in total. The lowest BCUT2D eigenvalue weighted by molar-refractivity contribution is -0.195. The van der Waals surface area contributed by atoms with E-state index < -0.39 is 30.4 Å². The standard InChI is InChI=1S/C23H34O6/c1-12(24)29-9-6-13-4-7-22(2)14-5-8-23(3)15(10-18(26)21(23)28)19(14)17(25)11-16(22)20(13)27/h13-21,25-28H,4-5,7-8,10-11H2,1-3H3/t13?,14-,15+,16?,17?,18?,19-,20?,21?,22-,23+/m1/s1. The van der Waals surface area contributed by atoms with Crippen LogP contribution >= 0.6 is 0 Å². The number of aliphatic hydroxyl groups excluding tert-OH is 4. The van der Waals surface area contributed by atoms with Crippen molar-refractivity contribution in [2.45, 2.75) is 83.7 Å². The number of hydrogen-bond acceptors (Lipinski definition) is 6. The molecule has 4 N–H and O–H groups in total. The highest BCUT2D eigenvalue weighted by molar-refractivity contribution is 5.67. The molecule has 11 atom stereocenters. The lowest BCUT2D eigenvalue weighted by Crippen LogP contribution is -2.61. The quantitative estimate of drug-likeness (QED) is 0.358. The Morgan fingerprint density at radius 3 is 2.28 bits per heavy atom. The number of ether oxygens (including phenoxy) is 1. The van der Waals surface area contributed by atoms with E-state index in [1.807, 2.05) is 0 Å². The number of carbonyl (C=O) groups is 1. The van der Waals surface area contributed by atoms with E-state index >= 15 is 0 Å². The molecular formula is C23H34O6. The van der Waals surface area contributed by atoms with Gasteiger partial charge in [0.1, 0.15) is 6.11 Å². The Balaban J connectivity index is 1.59. The van der Waals surface area contributed by atoms with Gasteiger partial charge in [0.05, 0.1) is 24.4 Å². The molecule has 0 aliphatic heterocycles. The van der Waals surface area contributed by atoms with Crippen molar-refractivity contribution in [3.8, 4) is 12.0 Å². The summed E-state index contributed by atoms with van der Waals surface area (Å²) >= 11 is 0. The highest BCUT2D eigenvalue weighted by atomic mass is 16.5. The maximum Gasteiger partial charge on any atom is 0.316 e. The van der Waals surface area contributed by atoms with Crippen LogP contribution in [0, 0.1) is 52.4 Å². The first-order valence-corrected chi connectivity index (χ1v) is 11.0. The van der Waals surface area contributed by atoms with Gasteiger partial charge in [0.15, 0.2) is 0 Å². The first-order chi connectivity index (χ1) is 13.6. The van der Waals surface area contributed by atoms with E-state index in [4.69, 9.17) is 4.74 Å². The summed E-state index contributed by atoms with van der Waals surface area (Å²) < 4.78 is 4.73. The predicted octanol–water partition coefficient (Wildman–Crippen LogP) is 1.44. The Labute approximate surface area is 172 Å². The van der Waals surface area contributed by atoms with Crippen molar-refractivity contribution in [2.75, 3.05) is 0 Å². The topological polar surface area (TPSA) is 107 Å². The monoisotopic (exact) mass is 406 g/mol. The minimum atomic E-state index is -0.732. The molecule has 0 radical (unpaired) electrons.